The Morgan fingerprint density at radius 3 is 2.32 bits per heavy atom. The van der Waals surface area contributed by atoms with Crippen molar-refractivity contribution in [1.29, 1.82) is 0 Å². The highest BCUT2D eigenvalue weighted by molar-refractivity contribution is 5.47. The molecular weight excluding hydrogens is 234 g/mol. The van der Waals surface area contributed by atoms with Crippen LogP contribution in [0.4, 0.5) is 5.69 Å². The minimum Gasteiger partial charge on any atom is -0.370 e. The van der Waals surface area contributed by atoms with Crippen molar-refractivity contribution in [3.8, 4) is 0 Å². The number of anilines is 1. The highest BCUT2D eigenvalue weighted by Crippen LogP contribution is 2.16. The third-order valence-corrected chi connectivity index (χ3v) is 3.13. The molecule has 0 unspecified atom stereocenters. The highest BCUT2D eigenvalue weighted by Gasteiger charge is 2.02. The lowest BCUT2D eigenvalue weighted by molar-refractivity contribution is 0.726. The van der Waals surface area contributed by atoms with E-state index >= 15 is 0 Å². The maximum Gasteiger partial charge on any atom is 0.0427 e. The molecule has 19 heavy (non-hydrogen) atoms. The number of hydrogen-bond acceptors (Lipinski definition) is 3. The molecule has 3 heteroatoms. The van der Waals surface area contributed by atoms with Crippen molar-refractivity contribution in [1.82, 2.24) is 10.3 Å². The average Bonchev–Trinajstić information content (AvgIpc) is 2.46. The number of benzene rings is 1. The van der Waals surface area contributed by atoms with Gasteiger partial charge in [-0.25, -0.2) is 0 Å². The number of hydrogen-bond donors (Lipinski definition) is 1. The predicted octanol–water partition coefficient (Wildman–Crippen LogP) is 2.83. The number of nitrogens with zero attached hydrogens (tertiary/aromatic N) is 2. The summed E-state index contributed by atoms with van der Waals surface area (Å²) in [5.41, 5.74) is 3.83. The van der Waals surface area contributed by atoms with Crippen molar-refractivity contribution in [3.63, 3.8) is 0 Å². The van der Waals surface area contributed by atoms with Crippen molar-refractivity contribution >= 4 is 5.69 Å². The molecule has 100 valence electrons. The van der Waals surface area contributed by atoms with Gasteiger partial charge in [-0.1, -0.05) is 19.1 Å². The summed E-state index contributed by atoms with van der Waals surface area (Å²) in [6.45, 7) is 4.96. The van der Waals surface area contributed by atoms with Crippen LogP contribution in [0.5, 0.6) is 0 Å². The summed E-state index contributed by atoms with van der Waals surface area (Å²) in [7, 11) is 2.11. The minimum absolute atomic E-state index is 0.898. The minimum atomic E-state index is 0.898. The highest BCUT2D eigenvalue weighted by atomic mass is 15.1. The van der Waals surface area contributed by atoms with Gasteiger partial charge < -0.3 is 10.2 Å². The van der Waals surface area contributed by atoms with Crippen LogP contribution in [0.2, 0.25) is 0 Å². The first-order valence-corrected chi connectivity index (χ1v) is 6.69. The van der Waals surface area contributed by atoms with Crippen molar-refractivity contribution in [2.45, 2.75) is 20.0 Å². The molecule has 2 aromatic rings. The monoisotopic (exact) mass is 255 g/mol. The fraction of sp³-hybridized carbons (Fsp3) is 0.312. The number of aromatic nitrogens is 1. The van der Waals surface area contributed by atoms with Crippen LogP contribution in [-0.4, -0.2) is 18.6 Å². The summed E-state index contributed by atoms with van der Waals surface area (Å²) in [6.07, 6.45) is 3.67. The lowest BCUT2D eigenvalue weighted by Crippen LogP contribution is -2.16. The molecule has 0 aliphatic heterocycles. The van der Waals surface area contributed by atoms with Gasteiger partial charge in [-0.2, -0.15) is 0 Å². The summed E-state index contributed by atoms with van der Waals surface area (Å²) in [5, 5.41) is 3.33. The Balaban J connectivity index is 1.97. The predicted molar refractivity (Wildman–Crippen MR) is 80.2 cm³/mol. The second-order valence-electron chi connectivity index (χ2n) is 4.66. The van der Waals surface area contributed by atoms with Crippen LogP contribution in [0, 0.1) is 0 Å². The van der Waals surface area contributed by atoms with Gasteiger partial charge in [0.25, 0.3) is 0 Å². The molecule has 1 aromatic carbocycles. The molecule has 2 rings (SSSR count). The molecule has 0 spiro atoms. The fourth-order valence-corrected chi connectivity index (χ4v) is 1.99. The molecule has 0 atom stereocenters. The standard InChI is InChI=1S/C16H21N3/c1-3-17-12-14-4-6-16(7-5-14)19(2)13-15-8-10-18-11-9-15/h4-11,17H,3,12-13H2,1-2H3. The Hall–Kier alpha value is -1.87. The van der Waals surface area contributed by atoms with E-state index in [1.165, 1.54) is 16.8 Å². The van der Waals surface area contributed by atoms with E-state index in [0.29, 0.717) is 0 Å². The third kappa shape index (κ3) is 4.07. The first-order valence-electron chi connectivity index (χ1n) is 6.69. The molecule has 1 N–H and O–H groups in total. The topological polar surface area (TPSA) is 28.2 Å². The summed E-state index contributed by atoms with van der Waals surface area (Å²) in [5.74, 6) is 0. The van der Waals surface area contributed by atoms with Gasteiger partial charge in [0.2, 0.25) is 0 Å². The second-order valence-corrected chi connectivity index (χ2v) is 4.66. The molecule has 0 bridgehead atoms. The molecule has 1 heterocycles. The fourth-order valence-electron chi connectivity index (χ4n) is 1.99. The lowest BCUT2D eigenvalue weighted by atomic mass is 10.2. The van der Waals surface area contributed by atoms with Crippen LogP contribution in [0.25, 0.3) is 0 Å². The van der Waals surface area contributed by atoms with Gasteiger partial charge in [-0.05, 0) is 41.9 Å². The lowest BCUT2D eigenvalue weighted by Gasteiger charge is -2.19. The van der Waals surface area contributed by atoms with E-state index in [1.807, 2.05) is 12.4 Å². The van der Waals surface area contributed by atoms with E-state index in [-0.39, 0.29) is 0 Å². The molecule has 3 nitrogen and oxygen atoms in total. The molecule has 0 saturated heterocycles. The van der Waals surface area contributed by atoms with Crippen molar-refractivity contribution in [2.75, 3.05) is 18.5 Å². The van der Waals surface area contributed by atoms with Crippen LogP contribution in [-0.2, 0) is 13.1 Å². The maximum absolute atomic E-state index is 4.04. The molecule has 0 fully saturated rings. The molecule has 0 radical (unpaired) electrons. The molecule has 0 saturated carbocycles. The largest absolute Gasteiger partial charge is 0.370 e. The second kappa shape index (κ2) is 6.90. The van der Waals surface area contributed by atoms with Gasteiger partial charge in [-0.15, -0.1) is 0 Å². The summed E-state index contributed by atoms with van der Waals surface area (Å²) < 4.78 is 0. The summed E-state index contributed by atoms with van der Waals surface area (Å²) in [4.78, 5) is 6.28. The Labute approximate surface area is 115 Å². The van der Waals surface area contributed by atoms with Crippen LogP contribution in [0.1, 0.15) is 18.1 Å². The van der Waals surface area contributed by atoms with Crippen molar-refractivity contribution in [2.24, 2.45) is 0 Å². The zero-order chi connectivity index (χ0) is 13.5. The van der Waals surface area contributed by atoms with Crippen LogP contribution < -0.4 is 10.2 Å². The zero-order valence-corrected chi connectivity index (χ0v) is 11.6. The van der Waals surface area contributed by atoms with E-state index < -0.39 is 0 Å². The Morgan fingerprint density at radius 2 is 1.68 bits per heavy atom. The maximum atomic E-state index is 4.04. The van der Waals surface area contributed by atoms with E-state index in [9.17, 15) is 0 Å². The molecule has 0 amide bonds. The van der Waals surface area contributed by atoms with Crippen molar-refractivity contribution < 1.29 is 0 Å². The molecule has 0 aliphatic carbocycles. The van der Waals surface area contributed by atoms with Crippen LogP contribution in [0.3, 0.4) is 0 Å². The van der Waals surface area contributed by atoms with Gasteiger partial charge in [-0.3, -0.25) is 4.98 Å². The number of nitrogens with one attached hydrogen (secondary N) is 1. The Kier molecular flexibility index (Phi) is 4.93. The normalized spacial score (nSPS) is 10.4. The average molecular weight is 255 g/mol. The van der Waals surface area contributed by atoms with E-state index in [4.69, 9.17) is 0 Å². The van der Waals surface area contributed by atoms with Gasteiger partial charge in [0.05, 0.1) is 0 Å². The smallest absolute Gasteiger partial charge is 0.0427 e. The zero-order valence-electron chi connectivity index (χ0n) is 11.6. The Morgan fingerprint density at radius 1 is 1.00 bits per heavy atom. The Bertz CT molecular complexity index is 479. The van der Waals surface area contributed by atoms with Crippen LogP contribution in [0.15, 0.2) is 48.8 Å². The first-order chi connectivity index (χ1) is 9.29. The number of rotatable bonds is 6. The molecule has 1 aromatic heterocycles. The molecular formula is C16H21N3. The molecule has 0 aliphatic rings. The summed E-state index contributed by atoms with van der Waals surface area (Å²) >= 11 is 0. The van der Waals surface area contributed by atoms with E-state index in [1.54, 1.807) is 0 Å². The van der Waals surface area contributed by atoms with E-state index in [0.717, 1.165) is 19.6 Å². The summed E-state index contributed by atoms with van der Waals surface area (Å²) in [6, 6.07) is 12.8. The quantitative estimate of drug-likeness (QED) is 0.860. The van der Waals surface area contributed by atoms with Gasteiger partial charge in [0.15, 0.2) is 0 Å². The van der Waals surface area contributed by atoms with Gasteiger partial charge >= 0.3 is 0 Å². The van der Waals surface area contributed by atoms with Crippen molar-refractivity contribution in [3.05, 3.63) is 59.9 Å². The SMILES string of the molecule is CCNCc1ccc(N(C)Cc2ccncc2)cc1. The van der Waals surface area contributed by atoms with Crippen LogP contribution >= 0.6 is 0 Å². The van der Waals surface area contributed by atoms with Gasteiger partial charge in [0.1, 0.15) is 0 Å². The number of pyridine rings is 1. The first kappa shape index (κ1) is 13.6. The van der Waals surface area contributed by atoms with Gasteiger partial charge in [0, 0.05) is 38.2 Å². The van der Waals surface area contributed by atoms with E-state index in [2.05, 4.69) is 65.6 Å². The third-order valence-electron chi connectivity index (χ3n) is 3.13.